The van der Waals surface area contributed by atoms with Gasteiger partial charge in [-0.05, 0) is 86.3 Å². The fourth-order valence-corrected chi connectivity index (χ4v) is 5.69. The van der Waals surface area contributed by atoms with E-state index in [1.165, 1.54) is 5.56 Å². The van der Waals surface area contributed by atoms with Gasteiger partial charge in [0.15, 0.2) is 5.43 Å². The Morgan fingerprint density at radius 2 is 1.50 bits per heavy atom. The minimum atomic E-state index is -0.309. The third-order valence-corrected chi connectivity index (χ3v) is 7.29. The van der Waals surface area contributed by atoms with Crippen LogP contribution >= 0.6 is 31.9 Å². The number of rotatable bonds is 7. The van der Waals surface area contributed by atoms with Gasteiger partial charge in [0.25, 0.3) is 5.91 Å². The Bertz CT molecular complexity index is 1660. The molecule has 0 fully saturated rings. The minimum absolute atomic E-state index is 0.0117. The van der Waals surface area contributed by atoms with E-state index in [2.05, 4.69) is 54.5 Å². The van der Waals surface area contributed by atoms with Crippen LogP contribution in [-0.4, -0.2) is 16.7 Å². The molecule has 190 valence electrons. The van der Waals surface area contributed by atoms with Crippen molar-refractivity contribution in [3.8, 4) is 5.75 Å². The molecule has 4 aromatic carbocycles. The number of halogens is 2. The molecule has 0 bridgehead atoms. The summed E-state index contributed by atoms with van der Waals surface area (Å²) in [7, 11) is 0. The highest BCUT2D eigenvalue weighted by molar-refractivity contribution is 9.11. The SMILES string of the molecule is Cc1ccc(COc2c(Br)cc(/C=N\NC(=O)Cn3c4ccccc4c(=O)c4ccccc43)cc2Br)cc1. The average Bonchev–Trinajstić information content (AvgIpc) is 2.91. The number of carbonyl (C=O) groups is 1. The van der Waals surface area contributed by atoms with Gasteiger partial charge in [-0.15, -0.1) is 0 Å². The van der Waals surface area contributed by atoms with Crippen molar-refractivity contribution in [2.24, 2.45) is 5.10 Å². The van der Waals surface area contributed by atoms with Gasteiger partial charge in [-0.2, -0.15) is 5.10 Å². The van der Waals surface area contributed by atoms with Crippen LogP contribution in [0.1, 0.15) is 16.7 Å². The number of ether oxygens (including phenoxy) is 1. The average molecular weight is 633 g/mol. The molecule has 38 heavy (non-hydrogen) atoms. The van der Waals surface area contributed by atoms with E-state index in [-0.39, 0.29) is 17.9 Å². The predicted molar refractivity (Wildman–Crippen MR) is 159 cm³/mol. The molecular weight excluding hydrogens is 610 g/mol. The van der Waals surface area contributed by atoms with E-state index in [0.29, 0.717) is 34.2 Å². The largest absolute Gasteiger partial charge is 0.487 e. The number of benzene rings is 4. The van der Waals surface area contributed by atoms with Crippen LogP contribution in [0, 0.1) is 6.92 Å². The van der Waals surface area contributed by atoms with Gasteiger partial charge in [-0.25, -0.2) is 5.43 Å². The smallest absolute Gasteiger partial charge is 0.260 e. The van der Waals surface area contributed by atoms with Crippen LogP contribution in [0.25, 0.3) is 21.8 Å². The molecule has 1 aromatic heterocycles. The van der Waals surface area contributed by atoms with E-state index >= 15 is 0 Å². The molecular formula is C30H23Br2N3O3. The number of aryl methyl sites for hydroxylation is 1. The standard InChI is InChI=1S/C30H23Br2N3O3/c1-19-10-12-20(13-11-19)18-38-30-24(31)14-21(15-25(30)32)16-33-34-28(36)17-35-26-8-4-2-6-22(26)29(37)23-7-3-5-9-27(23)35/h2-16H,17-18H2,1H3,(H,34,36)/b33-16-. The number of nitrogens with zero attached hydrogens (tertiary/aromatic N) is 2. The summed E-state index contributed by atoms with van der Waals surface area (Å²) in [6, 6.07) is 26.5. The molecule has 0 atom stereocenters. The Morgan fingerprint density at radius 3 is 2.11 bits per heavy atom. The number of carbonyl (C=O) groups excluding carboxylic acids is 1. The van der Waals surface area contributed by atoms with Gasteiger partial charge in [-0.1, -0.05) is 54.1 Å². The second-order valence-corrected chi connectivity index (χ2v) is 10.5. The first-order valence-corrected chi connectivity index (χ1v) is 13.5. The van der Waals surface area contributed by atoms with Crippen molar-refractivity contribution in [2.75, 3.05) is 0 Å². The monoisotopic (exact) mass is 631 g/mol. The normalized spacial score (nSPS) is 11.3. The van der Waals surface area contributed by atoms with Gasteiger partial charge in [-0.3, -0.25) is 9.59 Å². The maximum absolute atomic E-state index is 12.9. The lowest BCUT2D eigenvalue weighted by atomic mass is 10.1. The lowest BCUT2D eigenvalue weighted by Crippen LogP contribution is -2.25. The zero-order valence-electron chi connectivity index (χ0n) is 20.4. The van der Waals surface area contributed by atoms with Crippen molar-refractivity contribution in [2.45, 2.75) is 20.1 Å². The van der Waals surface area contributed by atoms with Crippen molar-refractivity contribution in [1.82, 2.24) is 9.99 Å². The molecule has 1 heterocycles. The molecule has 5 aromatic rings. The summed E-state index contributed by atoms with van der Waals surface area (Å²) in [5, 5.41) is 5.29. The van der Waals surface area contributed by atoms with E-state index in [4.69, 9.17) is 4.74 Å². The third kappa shape index (κ3) is 5.56. The van der Waals surface area contributed by atoms with Crippen molar-refractivity contribution in [1.29, 1.82) is 0 Å². The third-order valence-electron chi connectivity index (χ3n) is 6.11. The fourth-order valence-electron chi connectivity index (χ4n) is 4.24. The van der Waals surface area contributed by atoms with Crippen molar-refractivity contribution in [3.63, 3.8) is 0 Å². The Labute approximate surface area is 236 Å². The van der Waals surface area contributed by atoms with Crippen LogP contribution in [-0.2, 0) is 17.9 Å². The number of fused-ring (bicyclic) bond motifs is 2. The molecule has 0 aliphatic carbocycles. The second-order valence-electron chi connectivity index (χ2n) is 8.83. The molecule has 1 N–H and O–H groups in total. The molecule has 0 saturated heterocycles. The van der Waals surface area contributed by atoms with Gasteiger partial charge in [0.2, 0.25) is 0 Å². The Morgan fingerprint density at radius 1 is 0.921 bits per heavy atom. The Balaban J connectivity index is 1.30. The number of hydrogen-bond donors (Lipinski definition) is 1. The topological polar surface area (TPSA) is 72.7 Å². The highest BCUT2D eigenvalue weighted by Crippen LogP contribution is 2.35. The van der Waals surface area contributed by atoms with Gasteiger partial charge in [0.05, 0.1) is 26.2 Å². The fraction of sp³-hybridized carbons (Fsp3) is 0.100. The number of hydrazone groups is 1. The van der Waals surface area contributed by atoms with E-state index in [1.807, 2.05) is 72.2 Å². The molecule has 0 aliphatic rings. The zero-order valence-corrected chi connectivity index (χ0v) is 23.6. The minimum Gasteiger partial charge on any atom is -0.487 e. The van der Waals surface area contributed by atoms with Crippen LogP contribution in [0.3, 0.4) is 0 Å². The van der Waals surface area contributed by atoms with Crippen molar-refractivity contribution < 1.29 is 9.53 Å². The van der Waals surface area contributed by atoms with Crippen molar-refractivity contribution >= 4 is 65.8 Å². The molecule has 6 nitrogen and oxygen atoms in total. The van der Waals surface area contributed by atoms with Gasteiger partial charge in [0.1, 0.15) is 18.9 Å². The molecule has 0 aliphatic heterocycles. The van der Waals surface area contributed by atoms with Crippen LogP contribution in [0.4, 0.5) is 0 Å². The number of pyridine rings is 1. The quantitative estimate of drug-likeness (QED) is 0.123. The van der Waals surface area contributed by atoms with E-state index in [9.17, 15) is 9.59 Å². The van der Waals surface area contributed by atoms with Crippen molar-refractivity contribution in [3.05, 3.63) is 121 Å². The number of nitrogens with one attached hydrogen (secondary N) is 1. The molecule has 0 spiro atoms. The Hall–Kier alpha value is -3.75. The highest BCUT2D eigenvalue weighted by Gasteiger charge is 2.13. The second kappa shape index (κ2) is 11.3. The lowest BCUT2D eigenvalue weighted by molar-refractivity contribution is -0.121. The van der Waals surface area contributed by atoms with Gasteiger partial charge < -0.3 is 9.30 Å². The summed E-state index contributed by atoms with van der Waals surface area (Å²) in [4.78, 5) is 25.7. The zero-order chi connectivity index (χ0) is 26.6. The molecule has 8 heteroatoms. The lowest BCUT2D eigenvalue weighted by Gasteiger charge is -2.14. The number of aromatic nitrogens is 1. The Kier molecular flexibility index (Phi) is 7.72. The first-order valence-electron chi connectivity index (χ1n) is 11.9. The summed E-state index contributed by atoms with van der Waals surface area (Å²) in [6.45, 7) is 2.50. The van der Waals surface area contributed by atoms with Crippen LogP contribution in [0.15, 0.2) is 104 Å². The first-order chi connectivity index (χ1) is 18.4. The van der Waals surface area contributed by atoms with Crippen LogP contribution in [0.5, 0.6) is 5.75 Å². The predicted octanol–water partition coefficient (Wildman–Crippen LogP) is 6.72. The summed E-state index contributed by atoms with van der Waals surface area (Å²) in [5.41, 5.74) is 6.99. The molecule has 0 saturated carbocycles. The summed E-state index contributed by atoms with van der Waals surface area (Å²) < 4.78 is 9.36. The van der Waals surface area contributed by atoms with E-state index in [0.717, 1.165) is 20.1 Å². The highest BCUT2D eigenvalue weighted by atomic mass is 79.9. The van der Waals surface area contributed by atoms with Gasteiger partial charge in [0, 0.05) is 10.8 Å². The molecule has 5 rings (SSSR count). The molecule has 0 unspecified atom stereocenters. The maximum atomic E-state index is 12.9. The van der Waals surface area contributed by atoms with Crippen LogP contribution in [0.2, 0.25) is 0 Å². The summed E-state index contributed by atoms with van der Waals surface area (Å²) in [6.07, 6.45) is 1.57. The first kappa shape index (κ1) is 25.9. The molecule has 0 radical (unpaired) electrons. The van der Waals surface area contributed by atoms with Crippen LogP contribution < -0.4 is 15.6 Å². The number of para-hydroxylation sites is 2. The summed E-state index contributed by atoms with van der Waals surface area (Å²) in [5.74, 6) is 0.375. The van der Waals surface area contributed by atoms with E-state index in [1.54, 1.807) is 18.3 Å². The number of hydrogen-bond acceptors (Lipinski definition) is 4. The number of amides is 1. The maximum Gasteiger partial charge on any atom is 0.260 e. The van der Waals surface area contributed by atoms with Gasteiger partial charge >= 0.3 is 0 Å². The summed E-state index contributed by atoms with van der Waals surface area (Å²) >= 11 is 7.13. The molecule has 1 amide bonds. The van der Waals surface area contributed by atoms with E-state index < -0.39 is 0 Å².